The summed E-state index contributed by atoms with van der Waals surface area (Å²) in [6.45, 7) is 3.49. The van der Waals surface area contributed by atoms with Gasteiger partial charge in [0.1, 0.15) is 0 Å². The Morgan fingerprint density at radius 3 is 2.64 bits per heavy atom. The zero-order chi connectivity index (χ0) is 8.69. The van der Waals surface area contributed by atoms with Crippen LogP contribution >= 0.6 is 15.9 Å². The van der Waals surface area contributed by atoms with E-state index in [0.717, 1.165) is 6.08 Å². The van der Waals surface area contributed by atoms with Gasteiger partial charge in [-0.25, -0.2) is 4.79 Å². The number of ether oxygens (including phenoxy) is 1. The molecule has 0 heterocycles. The van der Waals surface area contributed by atoms with E-state index in [9.17, 15) is 9.59 Å². The predicted octanol–water partition coefficient (Wildman–Crippen LogP) is 1.42. The maximum absolute atomic E-state index is 10.4. The van der Waals surface area contributed by atoms with Gasteiger partial charge in [-0.3, -0.25) is 4.79 Å². The highest BCUT2D eigenvalue weighted by Gasteiger charge is 1.97. The van der Waals surface area contributed by atoms with Crippen molar-refractivity contribution >= 4 is 26.6 Å². The third kappa shape index (κ3) is 7.25. The molecule has 0 spiro atoms. The summed E-state index contributed by atoms with van der Waals surface area (Å²) < 4.78 is 4.53. The molecule has 0 aliphatic heterocycles. The van der Waals surface area contributed by atoms with Crippen LogP contribution in [0.25, 0.3) is 0 Å². The molecule has 0 aromatic rings. The molecule has 3 nitrogen and oxygen atoms in total. The number of hydrogen-bond donors (Lipinski definition) is 0. The van der Waals surface area contributed by atoms with Gasteiger partial charge in [0.25, 0.3) is 0 Å². The normalized spacial score (nSPS) is 8.82. The highest BCUT2D eigenvalue weighted by molar-refractivity contribution is 9.18. The Morgan fingerprint density at radius 1 is 1.55 bits per heavy atom. The van der Waals surface area contributed by atoms with Crippen LogP contribution in [-0.2, 0) is 14.3 Å². The van der Waals surface area contributed by atoms with Crippen molar-refractivity contribution in [1.29, 1.82) is 0 Å². The zero-order valence-corrected chi connectivity index (χ0v) is 7.59. The van der Waals surface area contributed by atoms with E-state index in [2.05, 4.69) is 27.2 Å². The molecular formula is C7H9BrO3. The molecule has 0 unspecified atom stereocenters. The van der Waals surface area contributed by atoms with Crippen molar-refractivity contribution < 1.29 is 14.3 Å². The lowest BCUT2D eigenvalue weighted by Gasteiger charge is -1.98. The Morgan fingerprint density at radius 2 is 2.18 bits per heavy atom. The molecule has 0 aromatic carbocycles. The Balaban J connectivity index is 3.21. The van der Waals surface area contributed by atoms with E-state index in [1.54, 1.807) is 0 Å². The summed E-state index contributed by atoms with van der Waals surface area (Å²) in [6.07, 6.45) is 2.02. The Bertz CT molecular complexity index is 165. The molecule has 0 atom stereocenters. The number of esters is 1. The van der Waals surface area contributed by atoms with Gasteiger partial charge in [-0.05, 0) is 22.4 Å². The quantitative estimate of drug-likeness (QED) is 0.305. The van der Waals surface area contributed by atoms with Crippen molar-refractivity contribution in [2.24, 2.45) is 0 Å². The molecule has 0 aromatic heterocycles. The highest BCUT2D eigenvalue weighted by Crippen LogP contribution is 1.97. The van der Waals surface area contributed by atoms with Crippen LogP contribution in [0.3, 0.4) is 0 Å². The second kappa shape index (κ2) is 6.09. The van der Waals surface area contributed by atoms with Gasteiger partial charge >= 0.3 is 5.97 Å². The first-order valence-electron chi connectivity index (χ1n) is 3.14. The van der Waals surface area contributed by atoms with Crippen molar-refractivity contribution in [3.05, 3.63) is 12.7 Å². The number of halogens is 1. The fourth-order valence-corrected chi connectivity index (χ4v) is 0.723. The van der Waals surface area contributed by atoms with Crippen LogP contribution in [0.4, 0.5) is 0 Å². The van der Waals surface area contributed by atoms with E-state index >= 15 is 0 Å². The minimum atomic E-state index is -0.452. The lowest BCUT2D eigenvalue weighted by molar-refractivity contribution is -0.138. The first-order valence-corrected chi connectivity index (χ1v) is 3.93. The number of rotatable bonds is 5. The lowest BCUT2D eigenvalue weighted by Crippen LogP contribution is -2.02. The molecule has 0 N–H and O–H groups in total. The summed E-state index contributed by atoms with van der Waals surface area (Å²) >= 11 is 2.76. The van der Waals surface area contributed by atoms with Gasteiger partial charge in [0, 0.05) is 12.5 Å². The maximum atomic E-state index is 10.4. The number of carbonyl (C=O) groups is 2. The molecular weight excluding hydrogens is 212 g/mol. The predicted molar refractivity (Wildman–Crippen MR) is 44.3 cm³/mol. The van der Waals surface area contributed by atoms with Gasteiger partial charge in [-0.2, -0.15) is 0 Å². The Kier molecular flexibility index (Phi) is 5.74. The van der Waals surface area contributed by atoms with Crippen LogP contribution in [-0.4, -0.2) is 17.3 Å². The summed E-state index contributed by atoms with van der Waals surface area (Å²) in [4.78, 5) is 20.7. The van der Waals surface area contributed by atoms with Crippen LogP contribution in [0, 0.1) is 0 Å². The van der Waals surface area contributed by atoms with Gasteiger partial charge in [0.15, 0.2) is 4.69 Å². The average molecular weight is 221 g/mol. The molecule has 0 bridgehead atoms. The molecule has 0 radical (unpaired) electrons. The van der Waals surface area contributed by atoms with Crippen LogP contribution in [0.1, 0.15) is 12.8 Å². The summed E-state index contributed by atoms with van der Waals surface area (Å²) in [7, 11) is 0. The molecule has 0 saturated carbocycles. The highest BCUT2D eigenvalue weighted by atomic mass is 79.9. The fraction of sp³-hybridized carbons (Fsp3) is 0.429. The number of carbonyl (C=O) groups excluding carboxylic acids is 2. The van der Waals surface area contributed by atoms with Crippen molar-refractivity contribution in [1.82, 2.24) is 0 Å². The van der Waals surface area contributed by atoms with Gasteiger partial charge in [-0.15, -0.1) is 0 Å². The van der Waals surface area contributed by atoms with Crippen molar-refractivity contribution in [2.45, 2.75) is 12.8 Å². The maximum Gasteiger partial charge on any atom is 0.330 e. The largest absolute Gasteiger partial charge is 0.463 e. The van der Waals surface area contributed by atoms with E-state index in [1.807, 2.05) is 0 Å². The average Bonchev–Trinajstić information content (AvgIpc) is 1.97. The fourth-order valence-electron chi connectivity index (χ4n) is 0.443. The minimum absolute atomic E-state index is 0.0767. The molecule has 0 aliphatic carbocycles. The van der Waals surface area contributed by atoms with E-state index in [0.29, 0.717) is 12.8 Å². The summed E-state index contributed by atoms with van der Waals surface area (Å²) in [5, 5.41) is 0. The SMILES string of the molecule is C=CC(=O)OCCCC(=O)Br. The van der Waals surface area contributed by atoms with Crippen LogP contribution in [0.5, 0.6) is 0 Å². The molecule has 62 valence electrons. The van der Waals surface area contributed by atoms with Gasteiger partial charge in [0.05, 0.1) is 6.61 Å². The molecule has 0 aliphatic rings. The van der Waals surface area contributed by atoms with E-state index in [4.69, 9.17) is 0 Å². The summed E-state index contributed by atoms with van der Waals surface area (Å²) in [5.41, 5.74) is 0. The van der Waals surface area contributed by atoms with Crippen LogP contribution < -0.4 is 0 Å². The molecule has 0 saturated heterocycles. The third-order valence-corrected chi connectivity index (χ3v) is 1.33. The van der Waals surface area contributed by atoms with E-state index in [1.165, 1.54) is 0 Å². The zero-order valence-electron chi connectivity index (χ0n) is 6.01. The van der Waals surface area contributed by atoms with Gasteiger partial charge in [0.2, 0.25) is 0 Å². The van der Waals surface area contributed by atoms with E-state index in [-0.39, 0.29) is 11.3 Å². The second-order valence-electron chi connectivity index (χ2n) is 1.83. The lowest BCUT2D eigenvalue weighted by atomic mass is 10.3. The van der Waals surface area contributed by atoms with Gasteiger partial charge in [-0.1, -0.05) is 6.58 Å². The number of hydrogen-bond acceptors (Lipinski definition) is 3. The van der Waals surface area contributed by atoms with E-state index < -0.39 is 5.97 Å². The summed E-state index contributed by atoms with van der Waals surface area (Å²) in [5.74, 6) is -0.452. The van der Waals surface area contributed by atoms with Crippen molar-refractivity contribution in [2.75, 3.05) is 6.61 Å². The molecule has 4 heteroatoms. The summed E-state index contributed by atoms with van der Waals surface area (Å²) in [6, 6.07) is 0. The second-order valence-corrected chi connectivity index (χ2v) is 2.71. The van der Waals surface area contributed by atoms with Gasteiger partial charge < -0.3 is 4.74 Å². The smallest absolute Gasteiger partial charge is 0.330 e. The third-order valence-electron chi connectivity index (χ3n) is 0.929. The molecule has 0 rings (SSSR count). The van der Waals surface area contributed by atoms with Crippen molar-refractivity contribution in [3.63, 3.8) is 0 Å². The first kappa shape index (κ1) is 10.4. The molecule has 0 fully saturated rings. The first-order chi connectivity index (χ1) is 5.16. The monoisotopic (exact) mass is 220 g/mol. The Hall–Kier alpha value is -0.640. The topological polar surface area (TPSA) is 43.4 Å². The van der Waals surface area contributed by atoms with Crippen LogP contribution in [0.2, 0.25) is 0 Å². The minimum Gasteiger partial charge on any atom is -0.463 e. The standard InChI is InChI=1S/C7H9BrO3/c1-2-7(10)11-5-3-4-6(8)9/h2H,1,3-5H2. The van der Waals surface area contributed by atoms with Crippen molar-refractivity contribution in [3.8, 4) is 0 Å². The molecule has 11 heavy (non-hydrogen) atoms. The van der Waals surface area contributed by atoms with Crippen LogP contribution in [0.15, 0.2) is 12.7 Å². The molecule has 0 amide bonds. The Labute approximate surface area is 73.5 Å².